The van der Waals surface area contributed by atoms with Gasteiger partial charge in [-0.15, -0.1) is 24.5 Å². The van der Waals surface area contributed by atoms with E-state index in [1.54, 1.807) is 29.0 Å². The molecule has 0 radical (unpaired) electrons. The molecule has 1 N–H and O–H groups in total. The summed E-state index contributed by atoms with van der Waals surface area (Å²) >= 11 is 1.56. The number of nitrogens with one attached hydrogen (secondary N) is 1. The first-order valence-corrected chi connectivity index (χ1v) is 7.34. The smallest absolute Gasteiger partial charge is 0.406 e. The number of hydrogen-bond donors (Lipinski definition) is 1. The van der Waals surface area contributed by atoms with Gasteiger partial charge in [0.1, 0.15) is 5.75 Å². The molecule has 3 nitrogen and oxygen atoms in total. The summed E-state index contributed by atoms with van der Waals surface area (Å²) < 4.78 is 40.0. The Balaban J connectivity index is 1.83. The van der Waals surface area contributed by atoms with Gasteiger partial charge in [0.2, 0.25) is 0 Å². The van der Waals surface area contributed by atoms with E-state index in [2.05, 4.69) is 15.0 Å². The molecule has 0 amide bonds. The van der Waals surface area contributed by atoms with Crippen LogP contribution in [0.2, 0.25) is 0 Å². The normalized spacial score (nSPS) is 13.1. The molecule has 21 heavy (non-hydrogen) atoms. The molecule has 114 valence electrons. The summed E-state index contributed by atoms with van der Waals surface area (Å²) in [6, 6.07) is 5.94. The fraction of sp³-hybridized carbons (Fsp3) is 0.357. The number of alkyl halides is 3. The van der Waals surface area contributed by atoms with Crippen molar-refractivity contribution < 1.29 is 17.9 Å². The zero-order valence-corrected chi connectivity index (χ0v) is 12.2. The highest BCUT2D eigenvalue weighted by Gasteiger charge is 2.30. The minimum Gasteiger partial charge on any atom is -0.406 e. The highest BCUT2D eigenvalue weighted by atomic mass is 32.1. The monoisotopic (exact) mass is 316 g/mol. The predicted octanol–water partition coefficient (Wildman–Crippen LogP) is 3.94. The van der Waals surface area contributed by atoms with Crippen LogP contribution in [0.1, 0.15) is 24.2 Å². The average molecular weight is 316 g/mol. The third-order valence-corrected chi connectivity index (χ3v) is 3.56. The zero-order valence-electron chi connectivity index (χ0n) is 11.4. The summed E-state index contributed by atoms with van der Waals surface area (Å²) in [6.45, 7) is 2.71. The van der Waals surface area contributed by atoms with Crippen molar-refractivity contribution in [3.05, 3.63) is 46.4 Å². The summed E-state index contributed by atoms with van der Waals surface area (Å²) in [7, 11) is 0. The van der Waals surface area contributed by atoms with Gasteiger partial charge in [0, 0.05) is 24.4 Å². The number of nitrogens with zero attached hydrogens (tertiary/aromatic N) is 1. The van der Waals surface area contributed by atoms with Crippen LogP contribution < -0.4 is 10.1 Å². The second-order valence-corrected chi connectivity index (χ2v) is 5.24. The van der Waals surface area contributed by atoms with Gasteiger partial charge in [-0.2, -0.15) is 0 Å². The Hall–Kier alpha value is -1.60. The molecule has 0 aliphatic heterocycles. The van der Waals surface area contributed by atoms with Crippen LogP contribution in [-0.2, 0) is 6.42 Å². The summed E-state index contributed by atoms with van der Waals surface area (Å²) in [5.41, 5.74) is 3.73. The van der Waals surface area contributed by atoms with E-state index in [9.17, 15) is 13.2 Å². The molecule has 0 fully saturated rings. The summed E-state index contributed by atoms with van der Waals surface area (Å²) in [5, 5.41) is 5.30. The summed E-state index contributed by atoms with van der Waals surface area (Å²) in [5.74, 6) is -0.207. The molecule has 0 aliphatic rings. The van der Waals surface area contributed by atoms with Gasteiger partial charge in [-0.1, -0.05) is 12.1 Å². The molecule has 0 saturated heterocycles. The van der Waals surface area contributed by atoms with Crippen molar-refractivity contribution in [3.8, 4) is 5.75 Å². The van der Waals surface area contributed by atoms with Crippen molar-refractivity contribution in [2.24, 2.45) is 0 Å². The van der Waals surface area contributed by atoms with Gasteiger partial charge < -0.3 is 10.1 Å². The molecule has 1 aromatic carbocycles. The number of rotatable bonds is 6. The van der Waals surface area contributed by atoms with E-state index in [0.29, 0.717) is 0 Å². The first-order valence-electron chi connectivity index (χ1n) is 6.40. The van der Waals surface area contributed by atoms with Crippen molar-refractivity contribution in [1.29, 1.82) is 0 Å². The minimum atomic E-state index is -4.65. The molecule has 0 saturated carbocycles. The lowest BCUT2D eigenvalue weighted by Gasteiger charge is -2.15. The molecule has 0 bridgehead atoms. The van der Waals surface area contributed by atoms with Crippen LogP contribution in [0.15, 0.2) is 35.2 Å². The van der Waals surface area contributed by atoms with E-state index >= 15 is 0 Å². The maximum Gasteiger partial charge on any atom is 0.573 e. The van der Waals surface area contributed by atoms with Crippen LogP contribution in [0.4, 0.5) is 13.2 Å². The van der Waals surface area contributed by atoms with Gasteiger partial charge in [0.15, 0.2) is 0 Å². The number of aromatic nitrogens is 1. The Morgan fingerprint density at radius 3 is 2.57 bits per heavy atom. The third kappa shape index (κ3) is 5.35. The lowest BCUT2D eigenvalue weighted by molar-refractivity contribution is -0.274. The molecule has 2 aromatic rings. The third-order valence-electron chi connectivity index (χ3n) is 2.93. The maximum atomic E-state index is 12.1. The van der Waals surface area contributed by atoms with Gasteiger partial charge in [-0.05, 0) is 24.6 Å². The van der Waals surface area contributed by atoms with Gasteiger partial charge >= 0.3 is 6.36 Å². The van der Waals surface area contributed by atoms with E-state index in [1.807, 2.05) is 12.3 Å². The largest absolute Gasteiger partial charge is 0.573 e. The van der Waals surface area contributed by atoms with Crippen molar-refractivity contribution in [2.75, 3.05) is 6.54 Å². The standard InChI is InChI=1S/C14H15F3N2OS/c1-10(18-7-6-12-8-21-9-19-12)11-2-4-13(5-3-11)20-14(15,16)17/h2-5,8-10,18H,6-7H2,1H3. The second kappa shape index (κ2) is 6.91. The lowest BCUT2D eigenvalue weighted by Crippen LogP contribution is -2.21. The Morgan fingerprint density at radius 1 is 1.29 bits per heavy atom. The molecule has 1 atom stereocenters. The Labute approximate surface area is 124 Å². The van der Waals surface area contributed by atoms with Crippen molar-refractivity contribution in [2.45, 2.75) is 25.7 Å². The summed E-state index contributed by atoms with van der Waals surface area (Å²) in [6.07, 6.45) is -3.83. The van der Waals surface area contributed by atoms with Crippen LogP contribution in [0.3, 0.4) is 0 Å². The quantitative estimate of drug-likeness (QED) is 0.876. The van der Waals surface area contributed by atoms with Crippen molar-refractivity contribution in [3.63, 3.8) is 0 Å². The molecule has 0 spiro atoms. The minimum absolute atomic E-state index is 0.0450. The SMILES string of the molecule is CC(NCCc1cscn1)c1ccc(OC(F)(F)F)cc1. The highest BCUT2D eigenvalue weighted by molar-refractivity contribution is 7.07. The topological polar surface area (TPSA) is 34.2 Å². The maximum absolute atomic E-state index is 12.1. The molecule has 2 rings (SSSR count). The van der Waals surface area contributed by atoms with Gasteiger partial charge in [0.05, 0.1) is 11.2 Å². The van der Waals surface area contributed by atoms with Crippen LogP contribution in [0, 0.1) is 0 Å². The number of halogens is 3. The highest BCUT2D eigenvalue weighted by Crippen LogP contribution is 2.24. The zero-order chi connectivity index (χ0) is 15.3. The molecule has 7 heteroatoms. The van der Waals surface area contributed by atoms with E-state index in [0.717, 1.165) is 24.2 Å². The number of ether oxygens (including phenoxy) is 1. The van der Waals surface area contributed by atoms with Gasteiger partial charge in [-0.3, -0.25) is 0 Å². The Kier molecular flexibility index (Phi) is 5.19. The molecular weight excluding hydrogens is 301 g/mol. The molecular formula is C14H15F3N2OS. The van der Waals surface area contributed by atoms with Crippen molar-refractivity contribution >= 4 is 11.3 Å². The first-order chi connectivity index (χ1) is 9.94. The predicted molar refractivity (Wildman–Crippen MR) is 75.4 cm³/mol. The molecule has 1 aromatic heterocycles. The number of hydrogen-bond acceptors (Lipinski definition) is 4. The average Bonchev–Trinajstić information content (AvgIpc) is 2.91. The van der Waals surface area contributed by atoms with E-state index < -0.39 is 6.36 Å². The van der Waals surface area contributed by atoms with Crippen molar-refractivity contribution in [1.82, 2.24) is 10.3 Å². The number of thiazole rings is 1. The van der Waals surface area contributed by atoms with E-state index in [1.165, 1.54) is 12.1 Å². The van der Waals surface area contributed by atoms with E-state index in [4.69, 9.17) is 0 Å². The lowest BCUT2D eigenvalue weighted by atomic mass is 10.1. The van der Waals surface area contributed by atoms with Gasteiger partial charge in [-0.25, -0.2) is 4.98 Å². The number of benzene rings is 1. The van der Waals surface area contributed by atoms with Crippen LogP contribution in [-0.4, -0.2) is 17.9 Å². The summed E-state index contributed by atoms with van der Waals surface area (Å²) in [4.78, 5) is 4.19. The fourth-order valence-corrected chi connectivity index (χ4v) is 2.45. The van der Waals surface area contributed by atoms with Crippen LogP contribution >= 0.6 is 11.3 Å². The molecule has 1 unspecified atom stereocenters. The van der Waals surface area contributed by atoms with Crippen LogP contribution in [0.25, 0.3) is 0 Å². The second-order valence-electron chi connectivity index (χ2n) is 4.52. The Morgan fingerprint density at radius 2 is 2.00 bits per heavy atom. The first kappa shape index (κ1) is 15.8. The van der Waals surface area contributed by atoms with Crippen LogP contribution in [0.5, 0.6) is 5.75 Å². The molecule has 1 heterocycles. The molecule has 0 aliphatic carbocycles. The fourth-order valence-electron chi connectivity index (χ4n) is 1.85. The Bertz CT molecular complexity index is 540. The van der Waals surface area contributed by atoms with Gasteiger partial charge in [0.25, 0.3) is 0 Å². The van der Waals surface area contributed by atoms with E-state index in [-0.39, 0.29) is 11.8 Å².